The number of fused-ring (bicyclic) bond motifs is 2. The molecule has 9 heteroatoms. The molecule has 1 aliphatic carbocycles. The first kappa shape index (κ1) is 18.3. The molecule has 0 bridgehead atoms. The van der Waals surface area contributed by atoms with Crippen LogP contribution >= 0.6 is 0 Å². The average Bonchev–Trinajstić information content (AvgIpc) is 2.45. The Bertz CT molecular complexity index is 963. The second-order valence-corrected chi connectivity index (χ2v) is 6.10. The summed E-state index contributed by atoms with van der Waals surface area (Å²) in [5.41, 5.74) is -1.37. The fourth-order valence-electron chi connectivity index (χ4n) is 2.37. The van der Waals surface area contributed by atoms with Crippen molar-refractivity contribution in [3.8, 4) is 11.5 Å². The van der Waals surface area contributed by atoms with E-state index in [1.807, 2.05) is 0 Å². The van der Waals surface area contributed by atoms with E-state index in [9.17, 15) is 28.2 Å². The molecule has 0 aliphatic heterocycles. The molecule has 7 nitrogen and oxygen atoms in total. The minimum atomic E-state index is -4.56. The van der Waals surface area contributed by atoms with Gasteiger partial charge < -0.3 is 10.2 Å². The van der Waals surface area contributed by atoms with Gasteiger partial charge in [-0.05, 0) is 24.3 Å². The Kier molecular flexibility index (Phi) is 4.84. The molecule has 0 saturated heterocycles. The zero-order chi connectivity index (χ0) is 16.2. The van der Waals surface area contributed by atoms with Crippen molar-refractivity contribution < 1.29 is 84.2 Å². The van der Waals surface area contributed by atoms with Crippen molar-refractivity contribution >= 4 is 21.7 Å². The van der Waals surface area contributed by atoms with Gasteiger partial charge in [0, 0.05) is 16.7 Å². The third-order valence-electron chi connectivity index (χ3n) is 3.38. The van der Waals surface area contributed by atoms with Gasteiger partial charge in [0.1, 0.15) is 5.75 Å². The standard InChI is InChI=1S/C14H8O7S.K/c15-9-3-4-10(16)12-11(9)13(17)7-2-1-6(22(19,20)21)5-8(7)14(12)18;/h1-5,15-16H,(H,19,20,21);/q;+1/p-1. The summed E-state index contributed by atoms with van der Waals surface area (Å²) in [7, 11) is -4.56. The summed E-state index contributed by atoms with van der Waals surface area (Å²) in [6.45, 7) is 0. The molecule has 0 atom stereocenters. The Balaban J connectivity index is 0.00000192. The number of carbonyl (C=O) groups is 2. The van der Waals surface area contributed by atoms with Crippen molar-refractivity contribution in [1.29, 1.82) is 0 Å². The Morgan fingerprint density at radius 2 is 1.52 bits per heavy atom. The Morgan fingerprint density at radius 3 is 2.13 bits per heavy atom. The van der Waals surface area contributed by atoms with Gasteiger partial charge in [-0.3, -0.25) is 14.1 Å². The molecular weight excluding hydrogens is 351 g/mol. The Hall–Kier alpha value is -1.07. The van der Waals surface area contributed by atoms with E-state index < -0.39 is 49.2 Å². The second-order valence-electron chi connectivity index (χ2n) is 4.67. The summed E-state index contributed by atoms with van der Waals surface area (Å²) in [4.78, 5) is 24.1. The van der Waals surface area contributed by atoms with Gasteiger partial charge in [0.2, 0.25) is 0 Å². The van der Waals surface area contributed by atoms with Crippen molar-refractivity contribution in [3.05, 3.63) is 52.6 Å². The molecule has 0 spiro atoms. The molecule has 2 aromatic rings. The average molecular weight is 358 g/mol. The second kappa shape index (κ2) is 6.09. The maximum absolute atomic E-state index is 12.4. The summed E-state index contributed by atoms with van der Waals surface area (Å²) in [5.74, 6) is -2.90. The Morgan fingerprint density at radius 1 is 0.913 bits per heavy atom. The van der Waals surface area contributed by atoms with Crippen LogP contribution in [-0.4, -0.2) is 29.6 Å². The summed E-state index contributed by atoms with van der Waals surface area (Å²) in [6.07, 6.45) is 0. The molecule has 2 N–H and O–H groups in total. The molecule has 2 aromatic carbocycles. The van der Waals surface area contributed by atoms with Crippen LogP contribution in [0.25, 0.3) is 0 Å². The van der Waals surface area contributed by atoms with Crippen LogP contribution in [-0.2, 0) is 10.1 Å². The smallest absolute Gasteiger partial charge is 0.872 e. The number of benzene rings is 2. The number of phenolic OH excluding ortho intramolecular Hbond substituents is 1. The molecule has 1 aliphatic rings. The van der Waals surface area contributed by atoms with E-state index in [1.54, 1.807) is 0 Å². The normalized spacial score (nSPS) is 13.1. The molecule has 3 rings (SSSR count). The van der Waals surface area contributed by atoms with Gasteiger partial charge >= 0.3 is 51.4 Å². The van der Waals surface area contributed by atoms with Crippen LogP contribution in [0.3, 0.4) is 0 Å². The van der Waals surface area contributed by atoms with Crippen molar-refractivity contribution in [1.82, 2.24) is 0 Å². The zero-order valence-electron chi connectivity index (χ0n) is 11.7. The fourth-order valence-corrected chi connectivity index (χ4v) is 2.87. The van der Waals surface area contributed by atoms with Crippen LogP contribution in [0, 0.1) is 0 Å². The first-order chi connectivity index (χ1) is 10.2. The van der Waals surface area contributed by atoms with E-state index in [0.717, 1.165) is 30.3 Å². The zero-order valence-corrected chi connectivity index (χ0v) is 15.7. The summed E-state index contributed by atoms with van der Waals surface area (Å²) >= 11 is 0. The molecule has 0 radical (unpaired) electrons. The van der Waals surface area contributed by atoms with Gasteiger partial charge in [-0.15, -0.1) is 0 Å². The van der Waals surface area contributed by atoms with Gasteiger partial charge in [-0.2, -0.15) is 8.42 Å². The maximum atomic E-state index is 12.4. The van der Waals surface area contributed by atoms with E-state index in [4.69, 9.17) is 4.55 Å². The van der Waals surface area contributed by atoms with Crippen molar-refractivity contribution in [3.63, 3.8) is 0 Å². The number of rotatable bonds is 1. The monoisotopic (exact) mass is 358 g/mol. The molecular formula is C14H7KO7S. The minimum absolute atomic E-state index is 0. The first-order valence-corrected chi connectivity index (χ1v) is 7.39. The molecule has 0 saturated carbocycles. The molecule has 23 heavy (non-hydrogen) atoms. The molecule has 112 valence electrons. The number of hydrogen-bond donors (Lipinski definition) is 2. The SMILES string of the molecule is O=C1c2ccc(S(=O)(=O)O)cc2C(=O)c2c(O)ccc([O-])c21.[K+]. The van der Waals surface area contributed by atoms with E-state index in [0.29, 0.717) is 0 Å². The number of ketones is 2. The fraction of sp³-hybridized carbons (Fsp3) is 0. The van der Waals surface area contributed by atoms with Crippen molar-refractivity contribution in [2.45, 2.75) is 4.90 Å². The van der Waals surface area contributed by atoms with Crippen LogP contribution < -0.4 is 56.5 Å². The van der Waals surface area contributed by atoms with Crippen molar-refractivity contribution in [2.75, 3.05) is 0 Å². The van der Waals surface area contributed by atoms with Crippen LogP contribution in [0.2, 0.25) is 0 Å². The van der Waals surface area contributed by atoms with Gasteiger partial charge in [-0.25, -0.2) is 0 Å². The van der Waals surface area contributed by atoms with Gasteiger partial charge in [0.25, 0.3) is 10.1 Å². The number of carbonyl (C=O) groups excluding carboxylic acids is 2. The number of aromatic hydroxyl groups is 1. The summed E-state index contributed by atoms with van der Waals surface area (Å²) in [5, 5.41) is 21.5. The van der Waals surface area contributed by atoms with E-state index in [-0.39, 0.29) is 62.5 Å². The predicted octanol–water partition coefficient (Wildman–Crippen LogP) is -2.51. The van der Waals surface area contributed by atoms with Crippen LogP contribution in [0.1, 0.15) is 31.8 Å². The van der Waals surface area contributed by atoms with E-state index in [1.165, 1.54) is 0 Å². The van der Waals surface area contributed by atoms with E-state index in [2.05, 4.69) is 0 Å². The molecule has 0 aromatic heterocycles. The molecule has 0 heterocycles. The molecule has 0 amide bonds. The maximum Gasteiger partial charge on any atom is 1.00 e. The van der Waals surface area contributed by atoms with Crippen molar-refractivity contribution in [2.24, 2.45) is 0 Å². The van der Waals surface area contributed by atoms with Crippen LogP contribution in [0.5, 0.6) is 11.5 Å². The van der Waals surface area contributed by atoms with Crippen LogP contribution in [0.4, 0.5) is 0 Å². The molecule has 0 unspecified atom stereocenters. The first-order valence-electron chi connectivity index (χ1n) is 5.95. The van der Waals surface area contributed by atoms with Crippen LogP contribution in [0.15, 0.2) is 35.2 Å². The number of phenols is 1. The van der Waals surface area contributed by atoms with Gasteiger partial charge in [-0.1, -0.05) is 11.8 Å². The Labute approximate surface area is 173 Å². The predicted molar refractivity (Wildman–Crippen MR) is 70.7 cm³/mol. The quantitative estimate of drug-likeness (QED) is 0.363. The summed E-state index contributed by atoms with van der Waals surface area (Å²) in [6, 6.07) is 4.80. The topological polar surface area (TPSA) is 132 Å². The minimum Gasteiger partial charge on any atom is -0.872 e. The van der Waals surface area contributed by atoms with Gasteiger partial charge in [0.15, 0.2) is 11.6 Å². The third kappa shape index (κ3) is 2.89. The van der Waals surface area contributed by atoms with Gasteiger partial charge in [0.05, 0.1) is 10.5 Å². The third-order valence-corrected chi connectivity index (χ3v) is 4.23. The molecule has 0 fully saturated rings. The largest absolute Gasteiger partial charge is 1.00 e. The number of hydrogen-bond acceptors (Lipinski definition) is 6. The summed E-state index contributed by atoms with van der Waals surface area (Å²) < 4.78 is 31.3. The van der Waals surface area contributed by atoms with E-state index >= 15 is 0 Å².